The number of nitrogens with zero attached hydrogens (tertiary/aromatic N) is 2. The van der Waals surface area contributed by atoms with E-state index >= 15 is 0 Å². The van der Waals surface area contributed by atoms with E-state index < -0.39 is 0 Å². The van der Waals surface area contributed by atoms with Gasteiger partial charge in [-0.25, -0.2) is 4.98 Å². The molecule has 3 nitrogen and oxygen atoms in total. The molecule has 1 aromatic carbocycles. The van der Waals surface area contributed by atoms with E-state index in [4.69, 9.17) is 11.6 Å². The van der Waals surface area contributed by atoms with Gasteiger partial charge in [-0.2, -0.15) is 0 Å². The van der Waals surface area contributed by atoms with Crippen molar-refractivity contribution in [1.82, 2.24) is 9.38 Å². The third-order valence-electron chi connectivity index (χ3n) is 2.92. The number of carbonyl (C=O) groups is 1. The van der Waals surface area contributed by atoms with Crippen LogP contribution in [0.4, 0.5) is 0 Å². The molecular weight excluding hydrogens is 236 g/mol. The molecule has 3 rings (SSSR count). The van der Waals surface area contributed by atoms with E-state index in [9.17, 15) is 4.79 Å². The smallest absolute Gasteiger partial charge is 0.168 e. The van der Waals surface area contributed by atoms with Gasteiger partial charge in [0, 0.05) is 11.6 Å². The number of benzene rings is 1. The minimum Gasteiger partial charge on any atom is -0.296 e. The van der Waals surface area contributed by atoms with E-state index in [1.807, 2.05) is 37.4 Å². The first-order valence-electron chi connectivity index (χ1n) is 5.23. The van der Waals surface area contributed by atoms with Gasteiger partial charge in [0.2, 0.25) is 0 Å². The Morgan fingerprint density at radius 2 is 2.18 bits per heavy atom. The van der Waals surface area contributed by atoms with Crippen molar-refractivity contribution in [3.63, 3.8) is 0 Å². The first-order valence-corrected chi connectivity index (χ1v) is 5.61. The number of carbonyl (C=O) groups excluding carboxylic acids is 1. The average molecular weight is 245 g/mol. The fraction of sp³-hybridized carbons (Fsp3) is 0.0769. The normalized spacial score (nSPS) is 11.2. The van der Waals surface area contributed by atoms with Crippen LogP contribution in [0.5, 0.6) is 0 Å². The Morgan fingerprint density at radius 3 is 2.94 bits per heavy atom. The Hall–Kier alpha value is -1.87. The molecule has 0 aliphatic carbocycles. The number of rotatable bonds is 1. The molecule has 2 aromatic heterocycles. The highest BCUT2D eigenvalue weighted by molar-refractivity contribution is 6.36. The molecule has 4 heteroatoms. The Morgan fingerprint density at radius 1 is 1.35 bits per heavy atom. The molecule has 0 aliphatic heterocycles. The lowest BCUT2D eigenvalue weighted by Gasteiger charge is -2.02. The van der Waals surface area contributed by atoms with Gasteiger partial charge in [0.05, 0.1) is 10.7 Å². The lowest BCUT2D eigenvalue weighted by molar-refractivity contribution is 0.111. The summed E-state index contributed by atoms with van der Waals surface area (Å²) in [5, 5.41) is 2.55. The summed E-state index contributed by atoms with van der Waals surface area (Å²) in [6.07, 6.45) is 2.66. The molecule has 0 fully saturated rings. The first kappa shape index (κ1) is 10.3. The average Bonchev–Trinajstić information content (AvgIpc) is 2.64. The molecular formula is C13H9ClN2O. The van der Waals surface area contributed by atoms with Gasteiger partial charge in [-0.1, -0.05) is 23.7 Å². The maximum atomic E-state index is 11.0. The summed E-state index contributed by atoms with van der Waals surface area (Å²) >= 11 is 6.20. The van der Waals surface area contributed by atoms with Crippen LogP contribution in [0.25, 0.3) is 16.4 Å². The molecule has 0 spiro atoms. The number of hydrogen-bond donors (Lipinski definition) is 0. The molecule has 0 saturated heterocycles. The van der Waals surface area contributed by atoms with Crippen LogP contribution in [0, 0.1) is 6.92 Å². The minimum atomic E-state index is 0.571. The van der Waals surface area contributed by atoms with E-state index in [1.165, 1.54) is 0 Å². The maximum Gasteiger partial charge on any atom is 0.168 e. The van der Waals surface area contributed by atoms with E-state index in [-0.39, 0.29) is 0 Å². The predicted molar refractivity (Wildman–Crippen MR) is 67.8 cm³/mol. The van der Waals surface area contributed by atoms with Crippen molar-refractivity contribution in [2.24, 2.45) is 0 Å². The minimum absolute atomic E-state index is 0.571. The van der Waals surface area contributed by atoms with Crippen LogP contribution >= 0.6 is 11.6 Å². The number of halogens is 1. The lowest BCUT2D eigenvalue weighted by Crippen LogP contribution is -1.92. The van der Waals surface area contributed by atoms with Crippen molar-refractivity contribution < 1.29 is 4.79 Å². The van der Waals surface area contributed by atoms with Gasteiger partial charge in [0.15, 0.2) is 6.29 Å². The van der Waals surface area contributed by atoms with Crippen molar-refractivity contribution in [3.05, 3.63) is 46.9 Å². The van der Waals surface area contributed by atoms with Crippen molar-refractivity contribution in [2.75, 3.05) is 0 Å². The highest BCUT2D eigenvalue weighted by Gasteiger charge is 2.11. The summed E-state index contributed by atoms with van der Waals surface area (Å²) in [4.78, 5) is 15.4. The number of fused-ring (bicyclic) bond motifs is 3. The van der Waals surface area contributed by atoms with Crippen molar-refractivity contribution in [3.8, 4) is 0 Å². The van der Waals surface area contributed by atoms with E-state index in [0.717, 1.165) is 22.7 Å². The molecule has 0 saturated carbocycles. The zero-order valence-corrected chi connectivity index (χ0v) is 9.90. The molecule has 0 radical (unpaired) electrons. The van der Waals surface area contributed by atoms with Crippen molar-refractivity contribution in [1.29, 1.82) is 0 Å². The Labute approximate surface area is 103 Å². The molecule has 0 amide bonds. The van der Waals surface area contributed by atoms with Crippen molar-refractivity contribution >= 4 is 34.3 Å². The van der Waals surface area contributed by atoms with Crippen molar-refractivity contribution in [2.45, 2.75) is 6.92 Å². The van der Waals surface area contributed by atoms with Gasteiger partial charge >= 0.3 is 0 Å². The van der Waals surface area contributed by atoms with Gasteiger partial charge in [0.25, 0.3) is 0 Å². The molecule has 3 aromatic rings. The summed E-state index contributed by atoms with van der Waals surface area (Å²) in [6.45, 7) is 1.82. The van der Waals surface area contributed by atoms with Crippen LogP contribution in [0.15, 0.2) is 30.5 Å². The second-order valence-corrected chi connectivity index (χ2v) is 4.32. The van der Waals surface area contributed by atoms with Gasteiger partial charge < -0.3 is 0 Å². The summed E-state index contributed by atoms with van der Waals surface area (Å²) in [5.41, 5.74) is 2.02. The fourth-order valence-electron chi connectivity index (χ4n) is 2.10. The standard InChI is InChI=1S/C13H9ClN2O/c1-8-11(7-17)16-6-5-9-3-2-4-10(14)12(9)13(16)15-8/h2-7H,1H3. The first-order chi connectivity index (χ1) is 8.22. The topological polar surface area (TPSA) is 34.4 Å². The van der Waals surface area contributed by atoms with Crippen LogP contribution in [0.2, 0.25) is 5.02 Å². The predicted octanol–water partition coefficient (Wildman–Crippen LogP) is 3.26. The lowest BCUT2D eigenvalue weighted by atomic mass is 10.2. The number of aldehydes is 1. The van der Waals surface area contributed by atoms with E-state index in [1.54, 1.807) is 4.40 Å². The molecule has 0 bridgehead atoms. The molecule has 0 unspecified atom stereocenters. The monoisotopic (exact) mass is 244 g/mol. The quantitative estimate of drug-likeness (QED) is 0.616. The van der Waals surface area contributed by atoms with E-state index in [2.05, 4.69) is 4.98 Å². The van der Waals surface area contributed by atoms with Crippen LogP contribution in [-0.4, -0.2) is 15.7 Å². The second kappa shape index (κ2) is 3.57. The highest BCUT2D eigenvalue weighted by atomic mass is 35.5. The summed E-state index contributed by atoms with van der Waals surface area (Å²) in [5.74, 6) is 0. The second-order valence-electron chi connectivity index (χ2n) is 3.91. The van der Waals surface area contributed by atoms with Gasteiger partial charge in [0.1, 0.15) is 11.3 Å². The Kier molecular flexibility index (Phi) is 2.16. The molecule has 17 heavy (non-hydrogen) atoms. The maximum absolute atomic E-state index is 11.0. The molecule has 2 heterocycles. The third kappa shape index (κ3) is 1.36. The number of aromatic nitrogens is 2. The summed E-state index contributed by atoms with van der Waals surface area (Å²) in [7, 11) is 0. The third-order valence-corrected chi connectivity index (χ3v) is 3.23. The van der Waals surface area contributed by atoms with Gasteiger partial charge in [-0.05, 0) is 24.4 Å². The SMILES string of the molecule is Cc1nc2c3c(Cl)cccc3ccn2c1C=O. The number of aryl methyl sites for hydroxylation is 1. The molecule has 84 valence electrons. The van der Waals surface area contributed by atoms with Crippen LogP contribution < -0.4 is 0 Å². The number of pyridine rings is 1. The zero-order chi connectivity index (χ0) is 12.0. The van der Waals surface area contributed by atoms with Crippen LogP contribution in [-0.2, 0) is 0 Å². The summed E-state index contributed by atoms with van der Waals surface area (Å²) < 4.78 is 1.77. The largest absolute Gasteiger partial charge is 0.296 e. The van der Waals surface area contributed by atoms with Gasteiger partial charge in [-0.3, -0.25) is 9.20 Å². The number of imidazole rings is 1. The number of hydrogen-bond acceptors (Lipinski definition) is 2. The van der Waals surface area contributed by atoms with E-state index in [0.29, 0.717) is 16.4 Å². The molecule has 0 atom stereocenters. The Bertz CT molecular complexity index is 746. The van der Waals surface area contributed by atoms with Crippen LogP contribution in [0.1, 0.15) is 16.2 Å². The van der Waals surface area contributed by atoms with Crippen LogP contribution in [0.3, 0.4) is 0 Å². The Balaban J connectivity index is 2.61. The molecule has 0 aliphatic rings. The summed E-state index contributed by atoms with van der Waals surface area (Å²) in [6, 6.07) is 7.64. The molecule has 0 N–H and O–H groups in total. The zero-order valence-electron chi connectivity index (χ0n) is 9.14. The highest BCUT2D eigenvalue weighted by Crippen LogP contribution is 2.28. The van der Waals surface area contributed by atoms with Gasteiger partial charge in [-0.15, -0.1) is 0 Å². The fourth-order valence-corrected chi connectivity index (χ4v) is 2.36.